The van der Waals surface area contributed by atoms with Gasteiger partial charge in [0.05, 0.1) is 16.9 Å². The van der Waals surface area contributed by atoms with E-state index in [1.54, 1.807) is 0 Å². The van der Waals surface area contributed by atoms with Crippen LogP contribution in [0.2, 0.25) is 0 Å². The number of anilines is 3. The Labute approximate surface area is 253 Å². The Morgan fingerprint density at radius 2 is 1.23 bits per heavy atom. The molecule has 0 radical (unpaired) electrons. The Balaban J connectivity index is 1.43. The summed E-state index contributed by atoms with van der Waals surface area (Å²) in [5.41, 5.74) is 5.99. The zero-order chi connectivity index (χ0) is 28.3. The summed E-state index contributed by atoms with van der Waals surface area (Å²) in [6.45, 7) is 0. The van der Waals surface area contributed by atoms with Crippen LogP contribution < -0.4 is 15.5 Å². The topological polar surface area (TPSA) is 8.17 Å². The standard InChI is InChI=1S/C40H28N2S/c1-3-14-27(15-4-1)41-33-22-11-9-20-31(33)40-34(41)23-13-24-35(40)42(28-16-5-2-6-17-28)36-26-38-39(30-19-8-7-18-29(30)36)32-21-10-12-25-37(32)43-38/h1-8,10,12-26H,9,11H2. The van der Waals surface area contributed by atoms with Crippen LogP contribution in [0.5, 0.6) is 0 Å². The molecule has 0 amide bonds. The fourth-order valence-electron chi connectivity index (χ4n) is 7.01. The molecule has 2 nitrogen and oxygen atoms in total. The fraction of sp³-hybridized carbons (Fsp3) is 0.0500. The summed E-state index contributed by atoms with van der Waals surface area (Å²) in [5, 5.41) is 9.14. The summed E-state index contributed by atoms with van der Waals surface area (Å²) in [5.74, 6) is 0. The van der Waals surface area contributed by atoms with Crippen LogP contribution in [0.3, 0.4) is 0 Å². The van der Waals surface area contributed by atoms with Gasteiger partial charge in [-0.1, -0.05) is 97.1 Å². The maximum atomic E-state index is 2.49. The highest BCUT2D eigenvalue weighted by Crippen LogP contribution is 2.47. The van der Waals surface area contributed by atoms with Gasteiger partial charge in [-0.05, 0) is 66.8 Å². The third-order valence-corrected chi connectivity index (χ3v) is 9.89. The van der Waals surface area contributed by atoms with Gasteiger partial charge in [0.2, 0.25) is 0 Å². The first kappa shape index (κ1) is 24.5. The lowest BCUT2D eigenvalue weighted by molar-refractivity contribution is 1.02. The predicted octanol–water partition coefficient (Wildman–Crippen LogP) is 9.98. The minimum Gasteiger partial charge on any atom is -0.310 e. The molecule has 2 aromatic heterocycles. The monoisotopic (exact) mass is 568 g/mol. The summed E-state index contributed by atoms with van der Waals surface area (Å²) >= 11 is 1.88. The molecule has 1 aliphatic carbocycles. The highest BCUT2D eigenvalue weighted by atomic mass is 32.1. The van der Waals surface area contributed by atoms with Crippen LogP contribution >= 0.6 is 11.3 Å². The quantitative estimate of drug-likeness (QED) is 0.205. The minimum absolute atomic E-state index is 1.05. The zero-order valence-electron chi connectivity index (χ0n) is 23.6. The van der Waals surface area contributed by atoms with Crippen LogP contribution in [0.1, 0.15) is 12.8 Å². The van der Waals surface area contributed by atoms with Crippen molar-refractivity contribution < 1.29 is 0 Å². The van der Waals surface area contributed by atoms with E-state index in [-0.39, 0.29) is 0 Å². The first-order chi connectivity index (χ1) is 21.4. The van der Waals surface area contributed by atoms with Crippen molar-refractivity contribution >= 4 is 82.4 Å². The smallest absolute Gasteiger partial charge is 0.0562 e. The molecule has 0 N–H and O–H groups in total. The van der Waals surface area contributed by atoms with E-state index in [2.05, 4.69) is 155 Å². The van der Waals surface area contributed by atoms with Crippen molar-refractivity contribution in [3.05, 3.63) is 144 Å². The van der Waals surface area contributed by atoms with Crippen molar-refractivity contribution in [2.45, 2.75) is 12.8 Å². The second kappa shape index (κ2) is 9.72. The van der Waals surface area contributed by atoms with Gasteiger partial charge in [0, 0.05) is 52.9 Å². The molecule has 0 bridgehead atoms. The summed E-state index contributed by atoms with van der Waals surface area (Å²) in [7, 11) is 0. The molecule has 0 atom stereocenters. The lowest BCUT2D eigenvalue weighted by atomic mass is 10.00. The van der Waals surface area contributed by atoms with E-state index >= 15 is 0 Å². The van der Waals surface area contributed by atoms with Crippen LogP contribution in [0.25, 0.3) is 59.7 Å². The van der Waals surface area contributed by atoms with E-state index in [1.165, 1.54) is 69.5 Å². The van der Waals surface area contributed by atoms with Crippen molar-refractivity contribution in [2.24, 2.45) is 0 Å². The lowest BCUT2D eigenvalue weighted by Gasteiger charge is -2.28. The van der Waals surface area contributed by atoms with Gasteiger partial charge in [-0.15, -0.1) is 11.3 Å². The molecule has 1 aliphatic rings. The second-order valence-electron chi connectivity index (χ2n) is 11.2. The number of thiophene rings is 1. The Bertz CT molecular complexity index is 2450. The van der Waals surface area contributed by atoms with E-state index in [0.717, 1.165) is 18.5 Å². The molecule has 0 spiro atoms. The number of hydrogen-bond donors (Lipinski definition) is 0. The number of fused-ring (bicyclic) bond motifs is 8. The molecule has 0 aliphatic heterocycles. The predicted molar refractivity (Wildman–Crippen MR) is 186 cm³/mol. The average Bonchev–Trinajstić information content (AvgIpc) is 3.62. The molecule has 0 saturated heterocycles. The maximum absolute atomic E-state index is 2.49. The first-order valence-electron chi connectivity index (χ1n) is 14.9. The summed E-state index contributed by atoms with van der Waals surface area (Å²) in [4.78, 5) is 2.49. The number of aromatic nitrogens is 1. The number of rotatable bonds is 4. The molecular formula is C40H28N2S. The third-order valence-electron chi connectivity index (χ3n) is 8.77. The van der Waals surface area contributed by atoms with E-state index in [0.29, 0.717) is 0 Å². The third kappa shape index (κ3) is 3.72. The van der Waals surface area contributed by atoms with Crippen LogP contribution in [0, 0.1) is 0 Å². The van der Waals surface area contributed by atoms with Gasteiger partial charge in [0.15, 0.2) is 0 Å². The molecule has 2 heterocycles. The number of benzene rings is 6. The van der Waals surface area contributed by atoms with Gasteiger partial charge >= 0.3 is 0 Å². The second-order valence-corrected chi connectivity index (χ2v) is 12.3. The molecule has 8 aromatic rings. The Kier molecular flexibility index (Phi) is 5.53. The Morgan fingerprint density at radius 1 is 0.535 bits per heavy atom. The lowest BCUT2D eigenvalue weighted by Crippen LogP contribution is -2.30. The van der Waals surface area contributed by atoms with Crippen molar-refractivity contribution in [2.75, 3.05) is 4.90 Å². The van der Waals surface area contributed by atoms with Crippen molar-refractivity contribution in [3.63, 3.8) is 0 Å². The van der Waals surface area contributed by atoms with Gasteiger partial charge in [-0.25, -0.2) is 0 Å². The largest absolute Gasteiger partial charge is 0.310 e. The fourth-order valence-corrected chi connectivity index (χ4v) is 8.16. The van der Waals surface area contributed by atoms with Crippen LogP contribution in [-0.4, -0.2) is 4.57 Å². The van der Waals surface area contributed by atoms with Gasteiger partial charge in [-0.3, -0.25) is 0 Å². The average molecular weight is 569 g/mol. The van der Waals surface area contributed by atoms with Crippen LogP contribution in [-0.2, 0) is 0 Å². The van der Waals surface area contributed by atoms with E-state index in [1.807, 2.05) is 11.3 Å². The number of para-hydroxylation sites is 2. The highest BCUT2D eigenvalue weighted by Gasteiger charge is 2.23. The minimum atomic E-state index is 1.05. The van der Waals surface area contributed by atoms with Gasteiger partial charge in [0.25, 0.3) is 0 Å². The molecule has 0 saturated carbocycles. The van der Waals surface area contributed by atoms with Crippen molar-refractivity contribution in [1.82, 2.24) is 4.57 Å². The van der Waals surface area contributed by atoms with Crippen molar-refractivity contribution in [1.29, 1.82) is 0 Å². The van der Waals surface area contributed by atoms with Crippen LogP contribution in [0.15, 0.2) is 133 Å². The maximum Gasteiger partial charge on any atom is 0.0562 e. The number of hydrogen-bond acceptors (Lipinski definition) is 2. The molecular weight excluding hydrogens is 541 g/mol. The van der Waals surface area contributed by atoms with Crippen LogP contribution in [0.4, 0.5) is 17.1 Å². The highest BCUT2D eigenvalue weighted by molar-refractivity contribution is 7.26. The molecule has 6 aromatic carbocycles. The zero-order valence-corrected chi connectivity index (χ0v) is 24.4. The molecule has 0 unspecified atom stereocenters. The summed E-state index contributed by atoms with van der Waals surface area (Å²) in [6.07, 6.45) is 6.97. The van der Waals surface area contributed by atoms with E-state index in [4.69, 9.17) is 0 Å². The molecule has 3 heteroatoms. The van der Waals surface area contributed by atoms with E-state index < -0.39 is 0 Å². The van der Waals surface area contributed by atoms with Crippen molar-refractivity contribution in [3.8, 4) is 5.69 Å². The molecule has 9 rings (SSSR count). The Hall–Kier alpha value is -5.12. The van der Waals surface area contributed by atoms with Gasteiger partial charge in [-0.2, -0.15) is 0 Å². The molecule has 43 heavy (non-hydrogen) atoms. The Morgan fingerprint density at radius 3 is 2.07 bits per heavy atom. The van der Waals surface area contributed by atoms with Gasteiger partial charge in [0.1, 0.15) is 0 Å². The molecule has 204 valence electrons. The normalized spacial score (nSPS) is 12.8. The number of nitrogens with zero attached hydrogens (tertiary/aromatic N) is 2. The van der Waals surface area contributed by atoms with E-state index in [9.17, 15) is 0 Å². The summed E-state index contributed by atoms with van der Waals surface area (Å²) < 4.78 is 5.08. The molecule has 0 fully saturated rings. The SMILES string of the molecule is C1=c2c(n(-c3ccccc3)c3cccc(N(c4ccccc4)c4cc5sc6ccccc6c5c5ccccc45)c23)=CCC1. The summed E-state index contributed by atoms with van der Waals surface area (Å²) in [6, 6.07) is 48.6. The van der Waals surface area contributed by atoms with Gasteiger partial charge < -0.3 is 9.47 Å². The first-order valence-corrected chi connectivity index (χ1v) is 15.8.